The average molecular weight is 334 g/mol. The monoisotopic (exact) mass is 333 g/mol. The third-order valence-electron chi connectivity index (χ3n) is 3.07. The highest BCUT2D eigenvalue weighted by molar-refractivity contribution is 9.10. The lowest BCUT2D eigenvalue weighted by Gasteiger charge is -2.11. The number of rotatable bonds is 3. The smallest absolute Gasteiger partial charge is 0.340 e. The highest BCUT2D eigenvalue weighted by atomic mass is 79.9. The molecule has 0 aliphatic heterocycles. The van der Waals surface area contributed by atoms with Crippen LogP contribution in [0.25, 0.3) is 0 Å². The van der Waals surface area contributed by atoms with E-state index in [0.717, 1.165) is 21.2 Å². The topological polar surface area (TPSA) is 52.3 Å². The molecule has 3 nitrogen and oxygen atoms in total. The van der Waals surface area contributed by atoms with Crippen molar-refractivity contribution in [3.8, 4) is 0 Å². The Hall–Kier alpha value is -1.81. The van der Waals surface area contributed by atoms with Crippen molar-refractivity contribution in [1.29, 1.82) is 0 Å². The number of carbonyl (C=O) groups is 1. The van der Waals surface area contributed by atoms with E-state index < -0.39 is 5.97 Å². The summed E-state index contributed by atoms with van der Waals surface area (Å²) in [7, 11) is 0. The molecular weight excluding hydrogens is 318 g/mol. The van der Waals surface area contributed by atoms with Gasteiger partial charge in [0.15, 0.2) is 0 Å². The van der Waals surface area contributed by atoms with E-state index in [1.54, 1.807) is 6.07 Å². The molecule has 0 spiro atoms. The van der Waals surface area contributed by atoms with E-state index in [4.69, 9.17) is 10.5 Å². The minimum atomic E-state index is -0.398. The maximum atomic E-state index is 12.1. The molecule has 0 atom stereocenters. The van der Waals surface area contributed by atoms with Gasteiger partial charge in [0, 0.05) is 15.7 Å². The highest BCUT2D eigenvalue weighted by Gasteiger charge is 2.14. The first-order valence-corrected chi connectivity index (χ1v) is 7.05. The number of hydrogen-bond acceptors (Lipinski definition) is 3. The zero-order valence-corrected chi connectivity index (χ0v) is 13.0. The molecule has 0 radical (unpaired) electrons. The zero-order valence-electron chi connectivity index (χ0n) is 11.4. The Balaban J connectivity index is 2.15. The van der Waals surface area contributed by atoms with Gasteiger partial charge >= 0.3 is 5.97 Å². The number of nitrogens with two attached hydrogens (primary N) is 1. The Morgan fingerprint density at radius 3 is 2.65 bits per heavy atom. The third kappa shape index (κ3) is 3.20. The molecule has 0 saturated carbocycles. The molecule has 0 aromatic heterocycles. The molecule has 104 valence electrons. The summed E-state index contributed by atoms with van der Waals surface area (Å²) in [6.45, 7) is 4.02. The first-order valence-electron chi connectivity index (χ1n) is 6.26. The summed E-state index contributed by atoms with van der Waals surface area (Å²) in [5.74, 6) is -0.398. The Bertz CT molecular complexity index is 653. The van der Waals surface area contributed by atoms with Crippen molar-refractivity contribution >= 4 is 27.6 Å². The highest BCUT2D eigenvalue weighted by Crippen LogP contribution is 2.22. The van der Waals surface area contributed by atoms with Gasteiger partial charge in [0.2, 0.25) is 0 Å². The minimum absolute atomic E-state index is 0.215. The number of anilines is 1. The fourth-order valence-electron chi connectivity index (χ4n) is 1.98. The standard InChI is InChI=1S/C16H16BrNO2/c1-10-7-11(2)15(18)13(8-10)16(19)20-9-12-5-3-4-6-14(12)17/h3-8H,9,18H2,1-2H3. The van der Waals surface area contributed by atoms with Crippen LogP contribution in [0.3, 0.4) is 0 Å². The van der Waals surface area contributed by atoms with E-state index in [-0.39, 0.29) is 6.61 Å². The maximum Gasteiger partial charge on any atom is 0.340 e. The first-order chi connectivity index (χ1) is 9.49. The van der Waals surface area contributed by atoms with Crippen LogP contribution in [0.15, 0.2) is 40.9 Å². The van der Waals surface area contributed by atoms with E-state index in [9.17, 15) is 4.79 Å². The van der Waals surface area contributed by atoms with E-state index in [0.29, 0.717) is 11.3 Å². The van der Waals surface area contributed by atoms with Crippen molar-refractivity contribution in [2.45, 2.75) is 20.5 Å². The molecule has 2 aromatic carbocycles. The summed E-state index contributed by atoms with van der Waals surface area (Å²) in [6, 6.07) is 11.3. The lowest BCUT2D eigenvalue weighted by atomic mass is 10.0. The van der Waals surface area contributed by atoms with Crippen LogP contribution in [0.4, 0.5) is 5.69 Å². The molecule has 0 unspecified atom stereocenters. The predicted octanol–water partition coefficient (Wildman–Crippen LogP) is 4.01. The molecule has 4 heteroatoms. The molecule has 2 aromatic rings. The van der Waals surface area contributed by atoms with Gasteiger partial charge in [-0.1, -0.05) is 40.2 Å². The van der Waals surface area contributed by atoms with Crippen molar-refractivity contribution in [3.63, 3.8) is 0 Å². The lowest BCUT2D eigenvalue weighted by molar-refractivity contribution is 0.0473. The quantitative estimate of drug-likeness (QED) is 0.682. The molecule has 0 aliphatic carbocycles. The molecule has 0 heterocycles. The van der Waals surface area contributed by atoms with Gasteiger partial charge in [-0.05, 0) is 37.1 Å². The zero-order chi connectivity index (χ0) is 14.7. The number of aryl methyl sites for hydroxylation is 2. The Morgan fingerprint density at radius 1 is 1.25 bits per heavy atom. The Morgan fingerprint density at radius 2 is 1.95 bits per heavy atom. The summed E-state index contributed by atoms with van der Waals surface area (Å²) in [5, 5.41) is 0. The van der Waals surface area contributed by atoms with Crippen LogP contribution in [0.2, 0.25) is 0 Å². The van der Waals surface area contributed by atoms with Crippen molar-refractivity contribution < 1.29 is 9.53 Å². The van der Waals surface area contributed by atoms with Crippen LogP contribution in [-0.2, 0) is 11.3 Å². The van der Waals surface area contributed by atoms with Crippen LogP contribution in [0.1, 0.15) is 27.0 Å². The second-order valence-corrected chi connectivity index (χ2v) is 5.56. The van der Waals surface area contributed by atoms with Gasteiger partial charge in [0.1, 0.15) is 6.61 Å². The summed E-state index contributed by atoms with van der Waals surface area (Å²) >= 11 is 3.42. The van der Waals surface area contributed by atoms with Gasteiger partial charge in [-0.2, -0.15) is 0 Å². The normalized spacial score (nSPS) is 10.3. The van der Waals surface area contributed by atoms with Crippen LogP contribution in [-0.4, -0.2) is 5.97 Å². The van der Waals surface area contributed by atoms with Crippen LogP contribution in [0, 0.1) is 13.8 Å². The summed E-state index contributed by atoms with van der Waals surface area (Å²) < 4.78 is 6.25. The fourth-order valence-corrected chi connectivity index (χ4v) is 2.38. The van der Waals surface area contributed by atoms with Crippen molar-refractivity contribution in [2.24, 2.45) is 0 Å². The molecular formula is C16H16BrNO2. The second kappa shape index (κ2) is 6.09. The Kier molecular flexibility index (Phi) is 4.45. The van der Waals surface area contributed by atoms with Gasteiger partial charge in [0.05, 0.1) is 5.56 Å². The molecule has 0 aliphatic rings. The summed E-state index contributed by atoms with van der Waals surface area (Å²) in [4.78, 5) is 12.1. The van der Waals surface area contributed by atoms with Crippen LogP contribution >= 0.6 is 15.9 Å². The van der Waals surface area contributed by atoms with Crippen molar-refractivity contribution in [2.75, 3.05) is 5.73 Å². The first kappa shape index (κ1) is 14.6. The molecule has 0 saturated heterocycles. The average Bonchev–Trinajstić information content (AvgIpc) is 2.41. The second-order valence-electron chi connectivity index (χ2n) is 4.71. The molecule has 2 rings (SSSR count). The van der Waals surface area contributed by atoms with E-state index in [1.165, 1.54) is 0 Å². The fraction of sp³-hybridized carbons (Fsp3) is 0.188. The number of halogens is 1. The molecule has 2 N–H and O–H groups in total. The largest absolute Gasteiger partial charge is 0.457 e. The van der Waals surface area contributed by atoms with Crippen LogP contribution in [0.5, 0.6) is 0 Å². The number of nitrogen functional groups attached to an aromatic ring is 1. The predicted molar refractivity (Wildman–Crippen MR) is 83.6 cm³/mol. The number of carbonyl (C=O) groups excluding carboxylic acids is 1. The van der Waals surface area contributed by atoms with Crippen molar-refractivity contribution in [3.05, 3.63) is 63.1 Å². The lowest BCUT2D eigenvalue weighted by Crippen LogP contribution is -2.10. The summed E-state index contributed by atoms with van der Waals surface area (Å²) in [5.41, 5.74) is 9.64. The molecule has 0 bridgehead atoms. The van der Waals surface area contributed by atoms with E-state index in [1.807, 2.05) is 44.2 Å². The van der Waals surface area contributed by atoms with Gasteiger partial charge < -0.3 is 10.5 Å². The Labute approximate surface area is 126 Å². The van der Waals surface area contributed by atoms with Crippen LogP contribution < -0.4 is 5.73 Å². The van der Waals surface area contributed by atoms with E-state index >= 15 is 0 Å². The molecule has 20 heavy (non-hydrogen) atoms. The third-order valence-corrected chi connectivity index (χ3v) is 3.84. The summed E-state index contributed by atoms with van der Waals surface area (Å²) in [6.07, 6.45) is 0. The van der Waals surface area contributed by atoms with Gasteiger partial charge in [-0.25, -0.2) is 4.79 Å². The molecule has 0 amide bonds. The number of benzene rings is 2. The SMILES string of the molecule is Cc1cc(C)c(N)c(C(=O)OCc2ccccc2Br)c1. The maximum absolute atomic E-state index is 12.1. The number of ether oxygens (including phenoxy) is 1. The van der Waals surface area contributed by atoms with E-state index in [2.05, 4.69) is 15.9 Å². The number of esters is 1. The van der Waals surface area contributed by atoms with Crippen molar-refractivity contribution in [1.82, 2.24) is 0 Å². The van der Waals surface area contributed by atoms with Gasteiger partial charge in [-0.15, -0.1) is 0 Å². The van der Waals surface area contributed by atoms with Gasteiger partial charge in [-0.3, -0.25) is 0 Å². The van der Waals surface area contributed by atoms with Gasteiger partial charge in [0.25, 0.3) is 0 Å². The number of hydrogen-bond donors (Lipinski definition) is 1. The molecule has 0 fully saturated rings. The minimum Gasteiger partial charge on any atom is -0.457 e.